The Morgan fingerprint density at radius 2 is 2.19 bits per heavy atom. The molecule has 3 N–H and O–H groups in total. The molecule has 21 heavy (non-hydrogen) atoms. The maximum absolute atomic E-state index is 11.2. The van der Waals surface area contributed by atoms with Gasteiger partial charge in [-0.15, -0.1) is 0 Å². The number of amides is 1. The van der Waals surface area contributed by atoms with E-state index in [9.17, 15) is 4.79 Å². The number of nitrogens with one attached hydrogen (secondary N) is 1. The van der Waals surface area contributed by atoms with Gasteiger partial charge in [0.25, 0.3) is 0 Å². The third-order valence-corrected chi connectivity index (χ3v) is 3.71. The highest BCUT2D eigenvalue weighted by Gasteiger charge is 2.14. The van der Waals surface area contributed by atoms with E-state index in [0.29, 0.717) is 12.1 Å². The van der Waals surface area contributed by atoms with Gasteiger partial charge in [-0.2, -0.15) is 5.10 Å². The molecule has 1 heterocycles. The van der Waals surface area contributed by atoms with E-state index in [1.165, 1.54) is 0 Å². The van der Waals surface area contributed by atoms with Crippen LogP contribution in [-0.2, 0) is 6.54 Å². The van der Waals surface area contributed by atoms with Crippen molar-refractivity contribution in [3.8, 4) is 0 Å². The van der Waals surface area contributed by atoms with Crippen molar-refractivity contribution in [2.24, 2.45) is 5.73 Å². The second kappa shape index (κ2) is 6.54. The van der Waals surface area contributed by atoms with Crippen LogP contribution >= 0.6 is 0 Å². The Labute approximate surface area is 125 Å². The summed E-state index contributed by atoms with van der Waals surface area (Å²) < 4.78 is 1.97. The lowest BCUT2D eigenvalue weighted by molar-refractivity contribution is 0.1000. The standard InChI is InChI=1S/C16H22N4O/c1-11-8-19-20(10-11)13(3)12(2)18-9-14-5-4-6-15(7-14)16(17)21/h4-8,10,12-13,18H,9H2,1-3H3,(H2,17,21)/t12-,13-/m1/s1. The molecular weight excluding hydrogens is 264 g/mol. The van der Waals surface area contributed by atoms with E-state index >= 15 is 0 Å². The molecule has 0 radical (unpaired) electrons. The summed E-state index contributed by atoms with van der Waals surface area (Å²) in [6.45, 7) is 6.97. The molecule has 0 unspecified atom stereocenters. The molecule has 1 aromatic heterocycles. The smallest absolute Gasteiger partial charge is 0.248 e. The molecule has 2 aromatic rings. The fourth-order valence-electron chi connectivity index (χ4n) is 2.17. The number of hydrogen-bond donors (Lipinski definition) is 2. The Balaban J connectivity index is 1.96. The Bertz CT molecular complexity index is 620. The number of benzene rings is 1. The van der Waals surface area contributed by atoms with Crippen molar-refractivity contribution in [3.63, 3.8) is 0 Å². The molecule has 0 fully saturated rings. The molecule has 1 amide bonds. The van der Waals surface area contributed by atoms with Gasteiger partial charge in [0.1, 0.15) is 0 Å². The molecule has 0 spiro atoms. The molecule has 0 aliphatic heterocycles. The van der Waals surface area contributed by atoms with Gasteiger partial charge in [-0.05, 0) is 44.0 Å². The third-order valence-electron chi connectivity index (χ3n) is 3.71. The van der Waals surface area contributed by atoms with Crippen LogP contribution in [0.5, 0.6) is 0 Å². The second-order valence-electron chi connectivity index (χ2n) is 5.47. The molecular formula is C16H22N4O. The Morgan fingerprint density at radius 1 is 1.43 bits per heavy atom. The zero-order chi connectivity index (χ0) is 15.4. The zero-order valence-electron chi connectivity index (χ0n) is 12.7. The topological polar surface area (TPSA) is 72.9 Å². The van der Waals surface area contributed by atoms with Gasteiger partial charge in [-0.25, -0.2) is 0 Å². The first kappa shape index (κ1) is 15.3. The number of hydrogen-bond acceptors (Lipinski definition) is 3. The number of carbonyl (C=O) groups excluding carboxylic acids is 1. The van der Waals surface area contributed by atoms with Crippen LogP contribution in [-0.4, -0.2) is 21.7 Å². The summed E-state index contributed by atoms with van der Waals surface area (Å²) in [7, 11) is 0. The summed E-state index contributed by atoms with van der Waals surface area (Å²) in [6.07, 6.45) is 3.90. The van der Waals surface area contributed by atoms with Crippen LogP contribution in [0.4, 0.5) is 0 Å². The van der Waals surface area contributed by atoms with Gasteiger partial charge < -0.3 is 11.1 Å². The van der Waals surface area contributed by atoms with E-state index in [4.69, 9.17) is 5.73 Å². The minimum Gasteiger partial charge on any atom is -0.366 e. The van der Waals surface area contributed by atoms with E-state index in [2.05, 4.69) is 24.3 Å². The Hall–Kier alpha value is -2.14. The highest BCUT2D eigenvalue weighted by atomic mass is 16.1. The van der Waals surface area contributed by atoms with Crippen LogP contribution in [0.15, 0.2) is 36.7 Å². The first-order valence-electron chi connectivity index (χ1n) is 7.10. The summed E-state index contributed by atoms with van der Waals surface area (Å²) in [6, 6.07) is 7.88. The lowest BCUT2D eigenvalue weighted by Gasteiger charge is -2.22. The van der Waals surface area contributed by atoms with E-state index in [1.54, 1.807) is 6.07 Å². The van der Waals surface area contributed by atoms with Crippen LogP contribution in [0, 0.1) is 6.92 Å². The molecule has 112 valence electrons. The van der Waals surface area contributed by atoms with Crippen molar-refractivity contribution < 1.29 is 4.79 Å². The quantitative estimate of drug-likeness (QED) is 0.853. The van der Waals surface area contributed by atoms with Crippen molar-refractivity contribution in [1.82, 2.24) is 15.1 Å². The van der Waals surface area contributed by atoms with Gasteiger partial charge in [0.2, 0.25) is 5.91 Å². The molecule has 0 aliphatic carbocycles. The first-order valence-corrected chi connectivity index (χ1v) is 7.10. The van der Waals surface area contributed by atoms with E-state index < -0.39 is 5.91 Å². The molecule has 0 aliphatic rings. The fourth-order valence-corrected chi connectivity index (χ4v) is 2.17. The summed E-state index contributed by atoms with van der Waals surface area (Å²) in [5, 5.41) is 7.80. The van der Waals surface area contributed by atoms with Crippen molar-refractivity contribution in [2.45, 2.75) is 39.4 Å². The predicted octanol–water partition coefficient (Wildman–Crippen LogP) is 2.03. The average Bonchev–Trinajstić information content (AvgIpc) is 2.90. The maximum atomic E-state index is 11.2. The largest absolute Gasteiger partial charge is 0.366 e. The lowest BCUT2D eigenvalue weighted by Crippen LogP contribution is -2.33. The van der Waals surface area contributed by atoms with Crippen LogP contribution in [0.1, 0.15) is 41.4 Å². The van der Waals surface area contributed by atoms with Gasteiger partial charge in [0, 0.05) is 24.3 Å². The molecule has 1 aromatic carbocycles. The molecule has 5 nitrogen and oxygen atoms in total. The normalized spacial score (nSPS) is 13.9. The summed E-state index contributed by atoms with van der Waals surface area (Å²) >= 11 is 0. The van der Waals surface area contributed by atoms with Crippen molar-refractivity contribution >= 4 is 5.91 Å². The van der Waals surface area contributed by atoms with Gasteiger partial charge in [-0.1, -0.05) is 12.1 Å². The number of rotatable bonds is 6. The van der Waals surface area contributed by atoms with Crippen LogP contribution in [0.3, 0.4) is 0 Å². The Morgan fingerprint density at radius 3 is 2.81 bits per heavy atom. The lowest BCUT2D eigenvalue weighted by atomic mass is 10.1. The second-order valence-corrected chi connectivity index (χ2v) is 5.47. The average molecular weight is 286 g/mol. The number of aryl methyl sites for hydroxylation is 1. The van der Waals surface area contributed by atoms with Crippen molar-refractivity contribution in [3.05, 3.63) is 53.3 Å². The third kappa shape index (κ3) is 3.92. The molecule has 0 saturated heterocycles. The maximum Gasteiger partial charge on any atom is 0.248 e. The number of primary amides is 1. The monoisotopic (exact) mass is 286 g/mol. The minimum atomic E-state index is -0.398. The number of aromatic nitrogens is 2. The van der Waals surface area contributed by atoms with Crippen LogP contribution < -0.4 is 11.1 Å². The van der Waals surface area contributed by atoms with Crippen LogP contribution in [0.25, 0.3) is 0 Å². The zero-order valence-corrected chi connectivity index (χ0v) is 12.7. The van der Waals surface area contributed by atoms with E-state index in [1.807, 2.05) is 42.2 Å². The van der Waals surface area contributed by atoms with Gasteiger partial charge in [0.15, 0.2) is 0 Å². The first-order chi connectivity index (χ1) is 9.97. The SMILES string of the molecule is Cc1cnn([C@H](C)[C@@H](C)NCc2cccc(C(N)=O)c2)c1. The van der Waals surface area contributed by atoms with E-state index in [0.717, 1.165) is 11.1 Å². The summed E-state index contributed by atoms with van der Waals surface area (Å²) in [5.74, 6) is -0.398. The summed E-state index contributed by atoms with van der Waals surface area (Å²) in [4.78, 5) is 11.2. The molecule has 0 saturated carbocycles. The molecule has 0 bridgehead atoms. The number of nitrogens with two attached hydrogens (primary N) is 1. The van der Waals surface area contributed by atoms with Gasteiger partial charge in [0.05, 0.1) is 12.2 Å². The molecule has 2 atom stereocenters. The summed E-state index contributed by atoms with van der Waals surface area (Å²) in [5.41, 5.74) is 8.03. The van der Waals surface area contributed by atoms with Crippen molar-refractivity contribution in [1.29, 1.82) is 0 Å². The Kier molecular flexibility index (Phi) is 4.75. The van der Waals surface area contributed by atoms with Crippen molar-refractivity contribution in [2.75, 3.05) is 0 Å². The predicted molar refractivity (Wildman–Crippen MR) is 82.9 cm³/mol. The van der Waals surface area contributed by atoms with Crippen LogP contribution in [0.2, 0.25) is 0 Å². The number of nitrogens with zero attached hydrogens (tertiary/aromatic N) is 2. The molecule has 5 heteroatoms. The van der Waals surface area contributed by atoms with E-state index in [-0.39, 0.29) is 12.1 Å². The minimum absolute atomic E-state index is 0.248. The fraction of sp³-hybridized carbons (Fsp3) is 0.375. The molecule has 2 rings (SSSR count). The highest BCUT2D eigenvalue weighted by molar-refractivity contribution is 5.92. The van der Waals surface area contributed by atoms with Gasteiger partial charge >= 0.3 is 0 Å². The van der Waals surface area contributed by atoms with Gasteiger partial charge in [-0.3, -0.25) is 9.48 Å². The number of carbonyl (C=O) groups is 1. The highest BCUT2D eigenvalue weighted by Crippen LogP contribution is 2.12.